The highest BCUT2D eigenvalue weighted by Gasteiger charge is 2.48. The third-order valence-corrected chi connectivity index (χ3v) is 2.01. The van der Waals surface area contributed by atoms with E-state index in [0.717, 1.165) is 4.90 Å². The summed E-state index contributed by atoms with van der Waals surface area (Å²) in [5, 5.41) is 0. The topological polar surface area (TPSA) is 55.6 Å². The maximum Gasteiger partial charge on any atom is 0.410 e. The van der Waals surface area contributed by atoms with Gasteiger partial charge in [-0.3, -0.25) is 0 Å². The van der Waals surface area contributed by atoms with Crippen LogP contribution in [0.3, 0.4) is 0 Å². The molecule has 1 saturated heterocycles. The second-order valence-corrected chi connectivity index (χ2v) is 4.73. The second-order valence-electron chi connectivity index (χ2n) is 4.73. The van der Waals surface area contributed by atoms with Crippen LogP contribution in [-0.2, 0) is 4.74 Å². The van der Waals surface area contributed by atoms with Crippen molar-refractivity contribution in [2.75, 3.05) is 13.1 Å². The van der Waals surface area contributed by atoms with Gasteiger partial charge in [0.25, 0.3) is 5.92 Å². The number of ether oxygens (including phenoxy) is 1. The van der Waals surface area contributed by atoms with Gasteiger partial charge in [-0.05, 0) is 20.8 Å². The lowest BCUT2D eigenvalue weighted by Crippen LogP contribution is -2.38. The molecular weight excluding hydrogens is 206 g/mol. The number of halogens is 2. The van der Waals surface area contributed by atoms with Gasteiger partial charge in [0, 0.05) is 6.54 Å². The number of carbonyl (C=O) groups excluding carboxylic acids is 1. The van der Waals surface area contributed by atoms with Crippen LogP contribution in [0.1, 0.15) is 20.8 Å². The predicted octanol–water partition coefficient (Wildman–Crippen LogP) is 1.20. The molecule has 15 heavy (non-hydrogen) atoms. The monoisotopic (exact) mass is 222 g/mol. The summed E-state index contributed by atoms with van der Waals surface area (Å²) in [4.78, 5) is 12.3. The van der Waals surface area contributed by atoms with Crippen molar-refractivity contribution in [3.63, 3.8) is 0 Å². The molecule has 1 fully saturated rings. The Bertz CT molecular complexity index is 263. The molecule has 0 saturated carbocycles. The molecule has 1 amide bonds. The molecule has 0 aromatic heterocycles. The molecule has 0 aromatic rings. The van der Waals surface area contributed by atoms with Crippen LogP contribution in [0, 0.1) is 0 Å². The smallest absolute Gasteiger partial charge is 0.410 e. The van der Waals surface area contributed by atoms with Gasteiger partial charge >= 0.3 is 6.09 Å². The Hall–Kier alpha value is -0.910. The third-order valence-electron chi connectivity index (χ3n) is 2.01. The number of hydrogen-bond acceptors (Lipinski definition) is 3. The fourth-order valence-electron chi connectivity index (χ4n) is 1.27. The number of likely N-dealkylation sites (tertiary alicyclic amines) is 1. The first-order valence-electron chi connectivity index (χ1n) is 4.73. The molecule has 0 radical (unpaired) electrons. The van der Waals surface area contributed by atoms with Crippen LogP contribution in [0.25, 0.3) is 0 Å². The van der Waals surface area contributed by atoms with Crippen molar-refractivity contribution in [3.05, 3.63) is 0 Å². The van der Waals surface area contributed by atoms with Crippen LogP contribution in [0.5, 0.6) is 0 Å². The first-order chi connectivity index (χ1) is 6.62. The molecular formula is C9H16F2N2O2. The molecule has 0 bridgehead atoms. The Kier molecular flexibility index (Phi) is 2.91. The number of nitrogens with two attached hydrogens (primary N) is 1. The normalized spacial score (nSPS) is 25.5. The van der Waals surface area contributed by atoms with Gasteiger partial charge < -0.3 is 15.4 Å². The van der Waals surface area contributed by atoms with E-state index in [-0.39, 0.29) is 6.54 Å². The predicted molar refractivity (Wildman–Crippen MR) is 50.7 cm³/mol. The van der Waals surface area contributed by atoms with Gasteiger partial charge in [-0.1, -0.05) is 0 Å². The van der Waals surface area contributed by atoms with Crippen LogP contribution in [-0.4, -0.2) is 41.6 Å². The first-order valence-corrected chi connectivity index (χ1v) is 4.73. The highest BCUT2D eigenvalue weighted by atomic mass is 19.3. The first kappa shape index (κ1) is 12.2. The maximum absolute atomic E-state index is 13.0. The molecule has 88 valence electrons. The number of alkyl halides is 2. The standard InChI is InChI=1S/C9H16F2N2O2/c1-8(2,3)15-7(14)13-4-6(12)9(10,11)5-13/h6H,4-5,12H2,1-3H3/t6-/m0/s1. The van der Waals surface area contributed by atoms with Crippen LogP contribution < -0.4 is 5.73 Å². The Morgan fingerprint density at radius 2 is 2.07 bits per heavy atom. The summed E-state index contributed by atoms with van der Waals surface area (Å²) in [5.41, 5.74) is 4.52. The number of nitrogens with zero attached hydrogens (tertiary/aromatic N) is 1. The van der Waals surface area contributed by atoms with Gasteiger partial charge in [0.15, 0.2) is 0 Å². The summed E-state index contributed by atoms with van der Waals surface area (Å²) < 4.78 is 31.0. The van der Waals surface area contributed by atoms with Crippen molar-refractivity contribution in [1.82, 2.24) is 4.90 Å². The number of hydrogen-bond donors (Lipinski definition) is 1. The van der Waals surface area contributed by atoms with E-state index in [1.54, 1.807) is 20.8 Å². The molecule has 2 N–H and O–H groups in total. The molecule has 1 aliphatic rings. The molecule has 1 rings (SSSR count). The zero-order chi connectivity index (χ0) is 11.9. The molecule has 0 aliphatic carbocycles. The SMILES string of the molecule is CC(C)(C)OC(=O)N1C[C@H](N)C(F)(F)C1. The summed E-state index contributed by atoms with van der Waals surface area (Å²) in [6, 6.07) is -1.30. The number of rotatable bonds is 0. The Balaban J connectivity index is 2.58. The van der Waals surface area contributed by atoms with Gasteiger partial charge in [0.2, 0.25) is 0 Å². The van der Waals surface area contributed by atoms with Crippen LogP contribution >= 0.6 is 0 Å². The lowest BCUT2D eigenvalue weighted by Gasteiger charge is -2.24. The lowest BCUT2D eigenvalue weighted by molar-refractivity contribution is -0.00942. The third kappa shape index (κ3) is 3.02. The maximum atomic E-state index is 13.0. The van der Waals surface area contributed by atoms with E-state index in [9.17, 15) is 13.6 Å². The van der Waals surface area contributed by atoms with E-state index < -0.39 is 30.2 Å². The summed E-state index contributed by atoms with van der Waals surface area (Å²) in [6.07, 6.45) is -0.741. The van der Waals surface area contributed by atoms with Crippen LogP contribution in [0.15, 0.2) is 0 Å². The van der Waals surface area contributed by atoms with Gasteiger partial charge in [0.05, 0.1) is 12.6 Å². The molecule has 1 heterocycles. The minimum Gasteiger partial charge on any atom is -0.444 e. The molecule has 0 unspecified atom stereocenters. The van der Waals surface area contributed by atoms with Crippen molar-refractivity contribution in [2.45, 2.75) is 38.3 Å². The Morgan fingerprint density at radius 3 is 2.40 bits per heavy atom. The Labute approximate surface area is 87.4 Å². The summed E-state index contributed by atoms with van der Waals surface area (Å²) in [6.45, 7) is 4.21. The average Bonchev–Trinajstić information content (AvgIpc) is 2.23. The largest absolute Gasteiger partial charge is 0.444 e. The van der Waals surface area contributed by atoms with Gasteiger partial charge in [0.1, 0.15) is 5.60 Å². The second kappa shape index (κ2) is 3.59. The van der Waals surface area contributed by atoms with Crippen molar-refractivity contribution in [1.29, 1.82) is 0 Å². The summed E-state index contributed by atoms with van der Waals surface area (Å²) in [7, 11) is 0. The van der Waals surface area contributed by atoms with Crippen molar-refractivity contribution in [3.8, 4) is 0 Å². The molecule has 6 heteroatoms. The molecule has 0 aromatic carbocycles. The molecule has 1 atom stereocenters. The number of carbonyl (C=O) groups is 1. The highest BCUT2D eigenvalue weighted by Crippen LogP contribution is 2.27. The van der Waals surface area contributed by atoms with E-state index in [2.05, 4.69) is 0 Å². The fraction of sp³-hybridized carbons (Fsp3) is 0.889. The van der Waals surface area contributed by atoms with Crippen LogP contribution in [0.2, 0.25) is 0 Å². The molecule has 1 aliphatic heterocycles. The van der Waals surface area contributed by atoms with E-state index in [4.69, 9.17) is 10.5 Å². The van der Waals surface area contributed by atoms with Gasteiger partial charge in [-0.15, -0.1) is 0 Å². The number of amides is 1. The minimum atomic E-state index is -3.02. The summed E-state index contributed by atoms with van der Waals surface area (Å²) in [5.74, 6) is -3.02. The highest BCUT2D eigenvalue weighted by molar-refractivity contribution is 5.68. The van der Waals surface area contributed by atoms with E-state index in [0.29, 0.717) is 0 Å². The van der Waals surface area contributed by atoms with Crippen molar-refractivity contribution < 1.29 is 18.3 Å². The molecule has 0 spiro atoms. The van der Waals surface area contributed by atoms with Crippen molar-refractivity contribution >= 4 is 6.09 Å². The lowest BCUT2D eigenvalue weighted by atomic mass is 10.2. The van der Waals surface area contributed by atoms with Gasteiger partial charge in [-0.25, -0.2) is 13.6 Å². The minimum absolute atomic E-state index is 0.165. The molecule has 4 nitrogen and oxygen atoms in total. The summed E-state index contributed by atoms with van der Waals surface area (Å²) >= 11 is 0. The zero-order valence-corrected chi connectivity index (χ0v) is 9.09. The van der Waals surface area contributed by atoms with Gasteiger partial charge in [-0.2, -0.15) is 0 Å². The fourth-order valence-corrected chi connectivity index (χ4v) is 1.27. The van der Waals surface area contributed by atoms with E-state index >= 15 is 0 Å². The van der Waals surface area contributed by atoms with E-state index in [1.165, 1.54) is 0 Å². The van der Waals surface area contributed by atoms with E-state index in [1.807, 2.05) is 0 Å². The average molecular weight is 222 g/mol. The Morgan fingerprint density at radius 1 is 1.53 bits per heavy atom. The van der Waals surface area contributed by atoms with Crippen molar-refractivity contribution in [2.24, 2.45) is 5.73 Å². The van der Waals surface area contributed by atoms with Crippen LogP contribution in [0.4, 0.5) is 13.6 Å². The quantitative estimate of drug-likeness (QED) is 0.670. The zero-order valence-electron chi connectivity index (χ0n) is 9.09.